The molecule has 25 heavy (non-hydrogen) atoms. The number of rotatable bonds is 6. The minimum atomic E-state index is -0.960. The van der Waals surface area contributed by atoms with Crippen molar-refractivity contribution in [2.24, 2.45) is 13.0 Å². The van der Waals surface area contributed by atoms with Crippen LogP contribution >= 0.6 is 0 Å². The van der Waals surface area contributed by atoms with Crippen molar-refractivity contribution in [3.63, 3.8) is 0 Å². The monoisotopic (exact) mass is 343 g/mol. The highest BCUT2D eigenvalue weighted by Crippen LogP contribution is 2.39. The van der Waals surface area contributed by atoms with Gasteiger partial charge in [0.2, 0.25) is 5.91 Å². The number of nitrogens with zero attached hydrogens (tertiary/aromatic N) is 3. The van der Waals surface area contributed by atoms with E-state index >= 15 is 0 Å². The number of amides is 1. The Balaban J connectivity index is 1.90. The maximum Gasteiger partial charge on any atom is 0.309 e. The summed E-state index contributed by atoms with van der Waals surface area (Å²) in [5, 5.41) is 13.7. The molecule has 1 fully saturated rings. The minimum absolute atomic E-state index is 0.00660. The van der Waals surface area contributed by atoms with E-state index < -0.39 is 17.9 Å². The maximum atomic E-state index is 12.5. The van der Waals surface area contributed by atoms with Crippen molar-refractivity contribution < 1.29 is 19.4 Å². The van der Waals surface area contributed by atoms with Crippen LogP contribution in [0.5, 0.6) is 0 Å². The molecule has 2 heterocycles. The normalized spacial score (nSPS) is 20.2. The summed E-state index contributed by atoms with van der Waals surface area (Å²) in [6.45, 7) is 0.852. The fourth-order valence-electron chi connectivity index (χ4n) is 3.38. The van der Waals surface area contributed by atoms with Crippen LogP contribution in [0, 0.1) is 5.92 Å². The number of carboxylic acids is 1. The van der Waals surface area contributed by atoms with Crippen LogP contribution in [0.4, 0.5) is 0 Å². The minimum Gasteiger partial charge on any atom is -0.481 e. The van der Waals surface area contributed by atoms with Gasteiger partial charge in [-0.15, -0.1) is 0 Å². The topological polar surface area (TPSA) is 84.7 Å². The van der Waals surface area contributed by atoms with Gasteiger partial charge in [-0.2, -0.15) is 5.10 Å². The number of benzene rings is 1. The van der Waals surface area contributed by atoms with Crippen LogP contribution in [0.3, 0.4) is 0 Å². The second-order valence-corrected chi connectivity index (χ2v) is 6.32. The van der Waals surface area contributed by atoms with Gasteiger partial charge in [-0.3, -0.25) is 14.3 Å². The van der Waals surface area contributed by atoms with Gasteiger partial charge in [0.05, 0.1) is 24.8 Å². The zero-order chi connectivity index (χ0) is 18.0. The first-order valence-corrected chi connectivity index (χ1v) is 8.07. The number of aliphatic carboxylic acids is 1. The van der Waals surface area contributed by atoms with Crippen molar-refractivity contribution in [2.75, 3.05) is 7.11 Å². The van der Waals surface area contributed by atoms with E-state index in [4.69, 9.17) is 4.74 Å². The Morgan fingerprint density at radius 2 is 2.16 bits per heavy atom. The van der Waals surface area contributed by atoms with E-state index in [0.717, 1.165) is 16.7 Å². The molecule has 1 amide bonds. The van der Waals surface area contributed by atoms with E-state index in [0.29, 0.717) is 13.2 Å². The number of aromatic nitrogens is 2. The number of methoxy groups -OCH3 is 1. The maximum absolute atomic E-state index is 12.5. The van der Waals surface area contributed by atoms with Crippen LogP contribution in [0.25, 0.3) is 0 Å². The van der Waals surface area contributed by atoms with E-state index in [9.17, 15) is 14.7 Å². The van der Waals surface area contributed by atoms with Crippen LogP contribution < -0.4 is 0 Å². The van der Waals surface area contributed by atoms with Gasteiger partial charge >= 0.3 is 5.97 Å². The molecule has 1 saturated heterocycles. The SMILES string of the molecule is COCc1cccc(CN2C(=O)C[C@@H](C(=O)O)[C@@H]2c2cnn(C)c2)c1. The summed E-state index contributed by atoms with van der Waals surface area (Å²) in [4.78, 5) is 25.8. The van der Waals surface area contributed by atoms with E-state index in [2.05, 4.69) is 5.10 Å². The van der Waals surface area contributed by atoms with Crippen LogP contribution in [-0.4, -0.2) is 38.8 Å². The van der Waals surface area contributed by atoms with Crippen molar-refractivity contribution in [1.82, 2.24) is 14.7 Å². The molecule has 0 saturated carbocycles. The number of likely N-dealkylation sites (tertiary alicyclic amines) is 1. The lowest BCUT2D eigenvalue weighted by molar-refractivity contribution is -0.142. The fourth-order valence-corrected chi connectivity index (χ4v) is 3.38. The Bertz CT molecular complexity index is 786. The molecule has 7 nitrogen and oxygen atoms in total. The van der Waals surface area contributed by atoms with Crippen molar-refractivity contribution in [2.45, 2.75) is 25.6 Å². The molecular formula is C18H21N3O4. The highest BCUT2D eigenvalue weighted by Gasteiger charge is 2.45. The molecule has 0 radical (unpaired) electrons. The summed E-state index contributed by atoms with van der Waals surface area (Å²) < 4.78 is 6.77. The molecular weight excluding hydrogens is 322 g/mol. The molecule has 132 valence electrons. The molecule has 2 atom stereocenters. The summed E-state index contributed by atoms with van der Waals surface area (Å²) in [6.07, 6.45) is 3.41. The second-order valence-electron chi connectivity index (χ2n) is 6.32. The number of hydrogen-bond donors (Lipinski definition) is 1. The number of ether oxygens (including phenoxy) is 1. The van der Waals surface area contributed by atoms with Gasteiger partial charge in [0.1, 0.15) is 0 Å². The zero-order valence-electron chi connectivity index (χ0n) is 14.3. The molecule has 0 bridgehead atoms. The van der Waals surface area contributed by atoms with Crippen molar-refractivity contribution >= 4 is 11.9 Å². The molecule has 1 N–H and O–H groups in total. The van der Waals surface area contributed by atoms with Crippen molar-refractivity contribution in [3.05, 3.63) is 53.3 Å². The summed E-state index contributed by atoms with van der Waals surface area (Å²) in [7, 11) is 3.40. The third-order valence-electron chi connectivity index (χ3n) is 4.47. The van der Waals surface area contributed by atoms with E-state index in [1.807, 2.05) is 24.3 Å². The van der Waals surface area contributed by atoms with E-state index in [1.165, 1.54) is 0 Å². The van der Waals surface area contributed by atoms with Crippen LogP contribution in [0.2, 0.25) is 0 Å². The third-order valence-corrected chi connectivity index (χ3v) is 4.47. The van der Waals surface area contributed by atoms with Gasteiger partial charge in [-0.25, -0.2) is 0 Å². The predicted molar refractivity (Wildman–Crippen MR) is 89.4 cm³/mol. The molecule has 1 aromatic heterocycles. The Kier molecular flexibility index (Phi) is 4.85. The molecule has 3 rings (SSSR count). The lowest BCUT2D eigenvalue weighted by Crippen LogP contribution is -2.30. The summed E-state index contributed by atoms with van der Waals surface area (Å²) in [6, 6.07) is 7.27. The number of carboxylic acid groups (broad SMARTS) is 1. The van der Waals surface area contributed by atoms with Gasteiger partial charge < -0.3 is 14.7 Å². The molecule has 1 aliphatic rings. The first-order valence-electron chi connectivity index (χ1n) is 8.07. The van der Waals surface area contributed by atoms with Crippen molar-refractivity contribution in [1.29, 1.82) is 0 Å². The van der Waals surface area contributed by atoms with Gasteiger partial charge in [0.15, 0.2) is 0 Å². The average molecular weight is 343 g/mol. The van der Waals surface area contributed by atoms with Gasteiger partial charge in [-0.1, -0.05) is 24.3 Å². The number of carbonyl (C=O) groups is 2. The molecule has 2 aromatic rings. The molecule has 0 unspecified atom stereocenters. The first-order chi connectivity index (χ1) is 12.0. The van der Waals surface area contributed by atoms with Crippen molar-refractivity contribution in [3.8, 4) is 0 Å². The molecule has 7 heteroatoms. The summed E-state index contributed by atoms with van der Waals surface area (Å²) >= 11 is 0. The van der Waals surface area contributed by atoms with Crippen LogP contribution in [0.1, 0.15) is 29.2 Å². The fraction of sp³-hybridized carbons (Fsp3) is 0.389. The average Bonchev–Trinajstić information content (AvgIpc) is 3.12. The lowest BCUT2D eigenvalue weighted by Gasteiger charge is -2.26. The Labute approximate surface area is 145 Å². The Morgan fingerprint density at radius 1 is 1.40 bits per heavy atom. The first kappa shape index (κ1) is 17.2. The zero-order valence-corrected chi connectivity index (χ0v) is 14.3. The standard InChI is InChI=1S/C18H21N3O4/c1-20-10-14(8-19-20)17-15(18(23)24)7-16(22)21(17)9-12-4-3-5-13(6-12)11-25-2/h3-6,8,10,15,17H,7,9,11H2,1-2H3,(H,23,24)/t15-,17+/m1/s1. The number of aryl methyl sites for hydroxylation is 1. The van der Waals surface area contributed by atoms with Gasteiger partial charge in [0, 0.05) is 38.9 Å². The highest BCUT2D eigenvalue weighted by atomic mass is 16.5. The highest BCUT2D eigenvalue weighted by molar-refractivity contribution is 5.87. The Morgan fingerprint density at radius 3 is 2.80 bits per heavy atom. The molecule has 1 aliphatic heterocycles. The summed E-state index contributed by atoms with van der Waals surface area (Å²) in [5.74, 6) is -1.88. The smallest absolute Gasteiger partial charge is 0.309 e. The van der Waals surface area contributed by atoms with Crippen LogP contribution in [0.15, 0.2) is 36.7 Å². The Hall–Kier alpha value is -2.67. The number of hydrogen-bond acceptors (Lipinski definition) is 4. The lowest BCUT2D eigenvalue weighted by atomic mass is 9.95. The third kappa shape index (κ3) is 3.56. The van der Waals surface area contributed by atoms with Gasteiger partial charge in [-0.05, 0) is 11.1 Å². The predicted octanol–water partition coefficient (Wildman–Crippen LogP) is 1.74. The molecule has 0 spiro atoms. The molecule has 0 aliphatic carbocycles. The number of carbonyl (C=O) groups excluding carboxylic acids is 1. The quantitative estimate of drug-likeness (QED) is 0.864. The van der Waals surface area contributed by atoms with E-state index in [1.54, 1.807) is 36.1 Å². The largest absolute Gasteiger partial charge is 0.481 e. The summed E-state index contributed by atoms with van der Waals surface area (Å²) in [5.41, 5.74) is 2.70. The second kappa shape index (κ2) is 7.06. The van der Waals surface area contributed by atoms with E-state index in [-0.39, 0.29) is 12.3 Å². The van der Waals surface area contributed by atoms with Gasteiger partial charge in [0.25, 0.3) is 0 Å². The molecule has 1 aromatic carbocycles. The van der Waals surface area contributed by atoms with Crippen LogP contribution in [-0.2, 0) is 34.5 Å².